The van der Waals surface area contributed by atoms with Crippen molar-refractivity contribution in [3.8, 4) is 5.75 Å². The van der Waals surface area contributed by atoms with E-state index in [1.165, 1.54) is 5.56 Å². The molecule has 0 saturated carbocycles. The van der Waals surface area contributed by atoms with Crippen LogP contribution in [0.15, 0.2) is 58.7 Å². The first kappa shape index (κ1) is 18.3. The molecule has 0 aromatic heterocycles. The fourth-order valence-electron chi connectivity index (χ4n) is 4.13. The van der Waals surface area contributed by atoms with Gasteiger partial charge < -0.3 is 15.0 Å². The third-order valence-electron chi connectivity index (χ3n) is 5.49. The summed E-state index contributed by atoms with van der Waals surface area (Å²) in [6, 6.07) is 14.1. The minimum Gasteiger partial charge on any atom is -0.497 e. The van der Waals surface area contributed by atoms with Gasteiger partial charge in [-0.25, -0.2) is 0 Å². The molecule has 0 aliphatic carbocycles. The minimum atomic E-state index is -0.744. The summed E-state index contributed by atoms with van der Waals surface area (Å²) in [7, 11) is 3.40. The summed E-state index contributed by atoms with van der Waals surface area (Å²) in [5, 5.41) is 3.44. The van der Waals surface area contributed by atoms with Crippen LogP contribution in [-0.2, 0) is 11.2 Å². The van der Waals surface area contributed by atoms with Crippen LogP contribution in [0.4, 0.5) is 11.4 Å². The van der Waals surface area contributed by atoms with E-state index in [9.17, 15) is 4.79 Å². The van der Waals surface area contributed by atoms with Crippen molar-refractivity contribution in [2.75, 3.05) is 24.4 Å². The van der Waals surface area contributed by atoms with E-state index in [4.69, 9.17) is 4.74 Å². The molecule has 2 aliphatic heterocycles. The second-order valence-electron chi connectivity index (χ2n) is 7.79. The second-order valence-corrected chi connectivity index (χ2v) is 7.79. The predicted molar refractivity (Wildman–Crippen MR) is 113 cm³/mol. The molecule has 0 amide bonds. The molecule has 1 N–H and O–H groups in total. The van der Waals surface area contributed by atoms with E-state index < -0.39 is 5.54 Å². The number of methoxy groups -OCH3 is 1. The lowest BCUT2D eigenvalue weighted by Gasteiger charge is -2.31. The topological polar surface area (TPSA) is 53.9 Å². The number of aryl methyl sites for hydroxylation is 1. The first-order valence-corrected chi connectivity index (χ1v) is 9.42. The number of carbonyl (C=O) groups excluding carboxylic acids is 1. The highest BCUT2D eigenvalue weighted by Gasteiger charge is 2.50. The number of Topliss-reactive ketones (excluding diaryl/α,β-unsaturated/α-hetero) is 1. The molecule has 2 aromatic rings. The molecule has 144 valence electrons. The van der Waals surface area contributed by atoms with Gasteiger partial charge in [-0.15, -0.1) is 0 Å². The molecule has 0 bridgehead atoms. The van der Waals surface area contributed by atoms with Crippen LogP contribution in [0.2, 0.25) is 0 Å². The van der Waals surface area contributed by atoms with Gasteiger partial charge in [0.1, 0.15) is 17.1 Å². The number of ketones is 1. The number of nitrogens with zero attached hydrogens (tertiary/aromatic N) is 2. The van der Waals surface area contributed by atoms with Crippen molar-refractivity contribution in [3.63, 3.8) is 0 Å². The van der Waals surface area contributed by atoms with Gasteiger partial charge in [0, 0.05) is 36.6 Å². The first-order chi connectivity index (χ1) is 13.4. The average Bonchev–Trinajstić information content (AvgIpc) is 3.17. The zero-order valence-corrected chi connectivity index (χ0v) is 17.0. The van der Waals surface area contributed by atoms with Crippen LogP contribution in [0.1, 0.15) is 25.0 Å². The Morgan fingerprint density at radius 3 is 2.61 bits per heavy atom. The molecule has 1 saturated heterocycles. The molecule has 2 aromatic carbocycles. The number of anilines is 2. The fourth-order valence-corrected chi connectivity index (χ4v) is 4.13. The van der Waals surface area contributed by atoms with E-state index in [0.717, 1.165) is 28.4 Å². The third-order valence-corrected chi connectivity index (χ3v) is 5.49. The number of fused-ring (bicyclic) bond motifs is 1. The van der Waals surface area contributed by atoms with E-state index in [2.05, 4.69) is 22.4 Å². The predicted octanol–water partition coefficient (Wildman–Crippen LogP) is 4.12. The van der Waals surface area contributed by atoms with Gasteiger partial charge in [0.05, 0.1) is 12.7 Å². The Bertz CT molecular complexity index is 1010. The molecule has 28 heavy (non-hydrogen) atoms. The Kier molecular flexibility index (Phi) is 4.26. The smallest absolute Gasteiger partial charge is 0.193 e. The van der Waals surface area contributed by atoms with Crippen molar-refractivity contribution < 1.29 is 9.53 Å². The molecule has 5 heteroatoms. The monoisotopic (exact) mass is 375 g/mol. The maximum Gasteiger partial charge on any atom is 0.193 e. The largest absolute Gasteiger partial charge is 0.497 e. The van der Waals surface area contributed by atoms with Crippen molar-refractivity contribution in [2.45, 2.75) is 32.7 Å². The number of hydrogen-bond donors (Lipinski definition) is 1. The molecule has 2 aliphatic rings. The summed E-state index contributed by atoms with van der Waals surface area (Å²) < 4.78 is 5.45. The highest BCUT2D eigenvalue weighted by Crippen LogP contribution is 2.41. The number of para-hydroxylation sites is 1. The number of benzene rings is 2. The fraction of sp³-hybridized carbons (Fsp3) is 0.304. The normalized spacial score (nSPS) is 21.8. The Hall–Kier alpha value is -3.08. The van der Waals surface area contributed by atoms with Gasteiger partial charge in [-0.05, 0) is 50.1 Å². The summed E-state index contributed by atoms with van der Waals surface area (Å²) in [6.07, 6.45) is 0.706. The van der Waals surface area contributed by atoms with Crippen molar-refractivity contribution in [3.05, 3.63) is 64.9 Å². The van der Waals surface area contributed by atoms with Gasteiger partial charge in [-0.2, -0.15) is 0 Å². The third kappa shape index (κ3) is 2.70. The number of ether oxygens (including phenoxy) is 1. The van der Waals surface area contributed by atoms with E-state index in [0.29, 0.717) is 17.8 Å². The number of amidine groups is 1. The number of hydrogen-bond acceptors (Lipinski definition) is 4. The Morgan fingerprint density at radius 2 is 1.93 bits per heavy atom. The van der Waals surface area contributed by atoms with Crippen LogP contribution >= 0.6 is 0 Å². The molecule has 0 radical (unpaired) electrons. The maximum absolute atomic E-state index is 13.5. The standard InChI is InChI=1S/C23H25N3O2/c1-14-10-16(13-17(11-14)28-5)26-22(24-4)20(21(27)23(26,2)3)19-12-15-8-6-7-9-18(15)25-19/h6-11,13,25H,12H2,1-5H3. The van der Waals surface area contributed by atoms with Crippen molar-refractivity contribution in [1.29, 1.82) is 0 Å². The van der Waals surface area contributed by atoms with Crippen molar-refractivity contribution in [2.24, 2.45) is 4.99 Å². The van der Waals surface area contributed by atoms with Crippen molar-refractivity contribution in [1.82, 2.24) is 0 Å². The summed E-state index contributed by atoms with van der Waals surface area (Å²) in [5.41, 5.74) is 5.07. The SMILES string of the molecule is CN=C1C(=C2Cc3ccccc3N2)C(=O)C(C)(C)N1c1cc(C)cc(OC)c1. The number of aliphatic imine (C=N–C) groups is 1. The minimum absolute atomic E-state index is 0.0730. The summed E-state index contributed by atoms with van der Waals surface area (Å²) >= 11 is 0. The summed E-state index contributed by atoms with van der Waals surface area (Å²) in [6.45, 7) is 5.92. The van der Waals surface area contributed by atoms with Crippen molar-refractivity contribution >= 4 is 23.0 Å². The van der Waals surface area contributed by atoms with Crippen LogP contribution < -0.4 is 15.0 Å². The lowest BCUT2D eigenvalue weighted by atomic mass is 9.95. The average molecular weight is 375 g/mol. The van der Waals surface area contributed by atoms with Crippen LogP contribution in [-0.4, -0.2) is 31.3 Å². The lowest BCUT2D eigenvalue weighted by molar-refractivity contribution is -0.118. The molecule has 0 unspecified atom stereocenters. The van der Waals surface area contributed by atoms with E-state index in [1.807, 2.05) is 56.0 Å². The van der Waals surface area contributed by atoms with E-state index >= 15 is 0 Å². The zero-order chi connectivity index (χ0) is 20.1. The van der Waals surface area contributed by atoms with E-state index in [-0.39, 0.29) is 5.78 Å². The Morgan fingerprint density at radius 1 is 1.18 bits per heavy atom. The molecule has 2 heterocycles. The van der Waals surface area contributed by atoms with Gasteiger partial charge in [-0.3, -0.25) is 9.79 Å². The maximum atomic E-state index is 13.5. The molecule has 5 nitrogen and oxygen atoms in total. The molecular weight excluding hydrogens is 350 g/mol. The van der Waals surface area contributed by atoms with Gasteiger partial charge in [0.2, 0.25) is 0 Å². The van der Waals surface area contributed by atoms with Crippen LogP contribution in [0.5, 0.6) is 5.75 Å². The molecule has 4 rings (SSSR count). The van der Waals surface area contributed by atoms with Crippen LogP contribution in [0, 0.1) is 6.92 Å². The zero-order valence-electron chi connectivity index (χ0n) is 17.0. The highest BCUT2D eigenvalue weighted by atomic mass is 16.5. The molecule has 0 spiro atoms. The molecule has 1 fully saturated rings. The van der Waals surface area contributed by atoms with Gasteiger partial charge in [0.25, 0.3) is 0 Å². The first-order valence-electron chi connectivity index (χ1n) is 9.42. The number of rotatable bonds is 2. The highest BCUT2D eigenvalue weighted by molar-refractivity contribution is 6.37. The van der Waals surface area contributed by atoms with Gasteiger partial charge in [-0.1, -0.05) is 18.2 Å². The number of carbonyl (C=O) groups is 1. The molecular formula is C23H25N3O2. The summed E-state index contributed by atoms with van der Waals surface area (Å²) in [5.74, 6) is 1.53. The Balaban J connectivity index is 1.86. The van der Waals surface area contributed by atoms with Gasteiger partial charge >= 0.3 is 0 Å². The lowest BCUT2D eigenvalue weighted by Crippen LogP contribution is -2.44. The van der Waals surface area contributed by atoms with E-state index in [1.54, 1.807) is 14.2 Å². The molecule has 0 atom stereocenters. The van der Waals surface area contributed by atoms with Crippen LogP contribution in [0.25, 0.3) is 0 Å². The van der Waals surface area contributed by atoms with Gasteiger partial charge in [0.15, 0.2) is 5.78 Å². The number of allylic oxidation sites excluding steroid dienone is 1. The quantitative estimate of drug-likeness (QED) is 0.802. The Labute approximate surface area is 165 Å². The number of nitrogens with one attached hydrogen (secondary N) is 1. The second kappa shape index (κ2) is 6.51. The van der Waals surface area contributed by atoms with Crippen LogP contribution in [0.3, 0.4) is 0 Å². The summed E-state index contributed by atoms with van der Waals surface area (Å²) in [4.78, 5) is 20.1.